The van der Waals surface area contributed by atoms with E-state index in [-0.39, 0.29) is 29.7 Å². The Morgan fingerprint density at radius 2 is 0.714 bits per heavy atom. The summed E-state index contributed by atoms with van der Waals surface area (Å²) in [5.74, 6) is 0. The minimum atomic E-state index is 0. The van der Waals surface area contributed by atoms with Crippen molar-refractivity contribution in [2.75, 3.05) is 26.4 Å². The lowest BCUT2D eigenvalue weighted by atomic mass is 10.1. The zero-order chi connectivity index (χ0) is 12.6. The van der Waals surface area contributed by atoms with Crippen LogP contribution in [0.3, 0.4) is 0 Å². The van der Waals surface area contributed by atoms with Gasteiger partial charge in [-0.05, 0) is 25.7 Å². The van der Waals surface area contributed by atoms with Gasteiger partial charge in [0.15, 0.2) is 0 Å². The van der Waals surface area contributed by atoms with Crippen LogP contribution in [-0.2, 0) is 9.47 Å². The van der Waals surface area contributed by atoms with Gasteiger partial charge in [0, 0.05) is 26.4 Å². The predicted octanol–water partition coefficient (Wildman–Crippen LogP) is 7.11. The molecule has 0 aromatic carbocycles. The van der Waals surface area contributed by atoms with Crippen molar-refractivity contribution in [3.63, 3.8) is 0 Å². The first-order chi connectivity index (χ1) is 8.41. The minimum absolute atomic E-state index is 0. The van der Waals surface area contributed by atoms with Crippen LogP contribution >= 0.6 is 0 Å². The summed E-state index contributed by atoms with van der Waals surface area (Å²) < 4.78 is 11.0. The van der Waals surface area contributed by atoms with Crippen molar-refractivity contribution in [1.82, 2.24) is 0 Å². The normalized spacial score (nSPS) is 8.86. The average molecular weight is 309 g/mol. The molecule has 0 radical (unpaired) electrons. The van der Waals surface area contributed by atoms with Crippen LogP contribution in [0, 0.1) is 0 Å². The second kappa shape index (κ2) is 32.0. The molecule has 136 valence electrons. The lowest BCUT2D eigenvalue weighted by molar-refractivity contribution is 0.122. The van der Waals surface area contributed by atoms with E-state index in [0.29, 0.717) is 0 Å². The highest BCUT2D eigenvalue weighted by atomic mass is 16.5. The van der Waals surface area contributed by atoms with Crippen LogP contribution in [0.1, 0.15) is 101 Å². The Balaban J connectivity index is -0.000000213. The van der Waals surface area contributed by atoms with Gasteiger partial charge in [0.25, 0.3) is 0 Å². The first-order valence-corrected chi connectivity index (χ1v) is 7.57. The Labute approximate surface area is 138 Å². The second-order valence-corrected chi connectivity index (χ2v) is 4.70. The van der Waals surface area contributed by atoms with Gasteiger partial charge >= 0.3 is 0 Å². The van der Waals surface area contributed by atoms with Crippen molar-refractivity contribution in [3.8, 4) is 0 Å². The van der Waals surface area contributed by atoms with E-state index < -0.39 is 0 Å². The molecule has 0 fully saturated rings. The summed E-state index contributed by atoms with van der Waals surface area (Å²) >= 11 is 0. The Hall–Kier alpha value is -0.0800. The molecule has 0 aliphatic heterocycles. The van der Waals surface area contributed by atoms with Gasteiger partial charge in [0.2, 0.25) is 0 Å². The molecule has 0 amide bonds. The molecule has 0 aliphatic rings. The summed E-state index contributed by atoms with van der Waals surface area (Å²) in [6.07, 6.45) is 11.3. The Bertz CT molecular complexity index is 113. The summed E-state index contributed by atoms with van der Waals surface area (Å²) in [4.78, 5) is 0. The van der Waals surface area contributed by atoms with Crippen molar-refractivity contribution in [2.45, 2.75) is 101 Å². The van der Waals surface area contributed by atoms with Crippen LogP contribution in [0.4, 0.5) is 0 Å². The molecule has 2 nitrogen and oxygen atoms in total. The molecular weight excluding hydrogens is 260 g/mol. The van der Waals surface area contributed by atoms with Crippen LogP contribution < -0.4 is 0 Å². The maximum atomic E-state index is 5.52. The highest BCUT2D eigenvalue weighted by Crippen LogP contribution is 2.04. The van der Waals surface area contributed by atoms with Gasteiger partial charge in [0.05, 0.1) is 0 Å². The minimum Gasteiger partial charge on any atom is -0.381 e. The van der Waals surface area contributed by atoms with Gasteiger partial charge in [-0.2, -0.15) is 0 Å². The molecule has 0 unspecified atom stereocenters. The third-order valence-electron chi connectivity index (χ3n) is 2.86. The van der Waals surface area contributed by atoms with Gasteiger partial charge in [-0.25, -0.2) is 0 Å². The fourth-order valence-corrected chi connectivity index (χ4v) is 1.64. The van der Waals surface area contributed by atoms with Crippen LogP contribution in [-0.4, -0.2) is 26.4 Å². The van der Waals surface area contributed by atoms with E-state index in [9.17, 15) is 0 Å². The first-order valence-electron chi connectivity index (χ1n) is 7.57. The number of hydrogen-bond donors (Lipinski definition) is 0. The zero-order valence-electron chi connectivity index (χ0n) is 12.0. The molecule has 0 aromatic heterocycles. The average Bonchev–Trinajstić information content (AvgIpc) is 2.35. The molecule has 0 bridgehead atoms. The SMILES string of the molecule is C.C.C.C.CCCCOCCCCCCCOCCCC. The predicted molar refractivity (Wildman–Crippen MR) is 101 cm³/mol. The van der Waals surface area contributed by atoms with E-state index in [2.05, 4.69) is 13.8 Å². The molecule has 0 aliphatic carbocycles. The van der Waals surface area contributed by atoms with E-state index in [1.807, 2.05) is 0 Å². The maximum Gasteiger partial charge on any atom is 0.0466 e. The largest absolute Gasteiger partial charge is 0.381 e. The fourth-order valence-electron chi connectivity index (χ4n) is 1.64. The third-order valence-corrected chi connectivity index (χ3v) is 2.86. The monoisotopic (exact) mass is 308 g/mol. The van der Waals surface area contributed by atoms with E-state index >= 15 is 0 Å². The molecule has 0 atom stereocenters. The molecular formula is C19H48O2. The van der Waals surface area contributed by atoms with Crippen molar-refractivity contribution in [2.24, 2.45) is 0 Å². The number of unbranched alkanes of at least 4 members (excludes halogenated alkanes) is 6. The lowest BCUT2D eigenvalue weighted by Crippen LogP contribution is -1.98. The topological polar surface area (TPSA) is 18.5 Å². The molecule has 0 rings (SSSR count). The third kappa shape index (κ3) is 33.0. The molecule has 0 saturated carbocycles. The molecule has 0 saturated heterocycles. The van der Waals surface area contributed by atoms with Crippen LogP contribution in [0.25, 0.3) is 0 Å². The molecule has 0 N–H and O–H groups in total. The van der Waals surface area contributed by atoms with Crippen LogP contribution in [0.5, 0.6) is 0 Å². The van der Waals surface area contributed by atoms with Crippen molar-refractivity contribution >= 4 is 0 Å². The highest BCUT2D eigenvalue weighted by Gasteiger charge is 1.92. The molecule has 21 heavy (non-hydrogen) atoms. The van der Waals surface area contributed by atoms with Gasteiger partial charge in [-0.15, -0.1) is 0 Å². The standard InChI is InChI=1S/C15H32O2.4CH4/c1-3-5-12-16-14-10-8-7-9-11-15-17-13-6-4-2;;;;/h3-15H2,1-2H3;4*1H4. The first kappa shape index (κ1) is 32.8. The smallest absolute Gasteiger partial charge is 0.0466 e. The summed E-state index contributed by atoms with van der Waals surface area (Å²) in [6, 6.07) is 0. The quantitative estimate of drug-likeness (QED) is 0.318. The van der Waals surface area contributed by atoms with Crippen molar-refractivity contribution < 1.29 is 9.47 Å². The number of hydrogen-bond acceptors (Lipinski definition) is 2. The highest BCUT2D eigenvalue weighted by molar-refractivity contribution is 4.44. The zero-order valence-corrected chi connectivity index (χ0v) is 12.0. The summed E-state index contributed by atoms with van der Waals surface area (Å²) in [5.41, 5.74) is 0. The lowest BCUT2D eigenvalue weighted by Gasteiger charge is -2.04. The van der Waals surface area contributed by atoms with Gasteiger partial charge < -0.3 is 9.47 Å². The summed E-state index contributed by atoms with van der Waals surface area (Å²) in [7, 11) is 0. The number of rotatable bonds is 14. The Morgan fingerprint density at radius 1 is 0.429 bits per heavy atom. The molecule has 2 heteroatoms. The van der Waals surface area contributed by atoms with Crippen LogP contribution in [0.2, 0.25) is 0 Å². The van der Waals surface area contributed by atoms with E-state index in [1.165, 1.54) is 57.8 Å². The van der Waals surface area contributed by atoms with E-state index in [0.717, 1.165) is 26.4 Å². The molecule has 0 spiro atoms. The maximum absolute atomic E-state index is 5.52. The van der Waals surface area contributed by atoms with Crippen LogP contribution in [0.15, 0.2) is 0 Å². The molecule has 0 heterocycles. The second-order valence-electron chi connectivity index (χ2n) is 4.70. The fraction of sp³-hybridized carbons (Fsp3) is 1.00. The van der Waals surface area contributed by atoms with Gasteiger partial charge in [-0.3, -0.25) is 0 Å². The summed E-state index contributed by atoms with van der Waals surface area (Å²) in [5, 5.41) is 0. The van der Waals surface area contributed by atoms with E-state index in [4.69, 9.17) is 9.47 Å². The van der Waals surface area contributed by atoms with Crippen molar-refractivity contribution in [3.05, 3.63) is 0 Å². The Kier molecular flexibility index (Phi) is 50.0. The summed E-state index contributed by atoms with van der Waals surface area (Å²) in [6.45, 7) is 8.20. The number of ether oxygens (including phenoxy) is 2. The van der Waals surface area contributed by atoms with Crippen molar-refractivity contribution in [1.29, 1.82) is 0 Å². The van der Waals surface area contributed by atoms with E-state index in [1.54, 1.807) is 0 Å². The van der Waals surface area contributed by atoms with Gasteiger partial charge in [-0.1, -0.05) is 75.7 Å². The molecule has 0 aromatic rings. The Morgan fingerprint density at radius 3 is 1.05 bits per heavy atom. The van der Waals surface area contributed by atoms with Gasteiger partial charge in [0.1, 0.15) is 0 Å².